The number of allylic oxidation sites excluding steroid dienone is 1. The molecule has 1 aliphatic heterocycles. The molecule has 130 valence electrons. The SMILES string of the molecule is CC1=C(C(=O)OC2C3CC4CC(C3)CC2C4)[C@@H](CC(=O)O)C(=O)N1. The minimum atomic E-state index is -1.09. The number of carbonyl (C=O) groups is 3. The van der Waals surface area contributed by atoms with Gasteiger partial charge in [-0.15, -0.1) is 0 Å². The van der Waals surface area contributed by atoms with Crippen LogP contribution in [-0.4, -0.2) is 29.1 Å². The molecular weight excluding hydrogens is 310 g/mol. The van der Waals surface area contributed by atoms with Gasteiger partial charge >= 0.3 is 11.9 Å². The molecule has 0 aromatic carbocycles. The molecule has 0 spiro atoms. The fourth-order valence-electron chi connectivity index (χ4n) is 5.65. The molecule has 6 nitrogen and oxygen atoms in total. The van der Waals surface area contributed by atoms with E-state index in [0.717, 1.165) is 37.5 Å². The van der Waals surface area contributed by atoms with E-state index >= 15 is 0 Å². The van der Waals surface area contributed by atoms with Gasteiger partial charge in [-0.25, -0.2) is 4.79 Å². The molecule has 0 saturated heterocycles. The lowest BCUT2D eigenvalue weighted by atomic mass is 9.55. The lowest BCUT2D eigenvalue weighted by Gasteiger charge is -2.53. The second-order valence-electron chi connectivity index (χ2n) is 7.98. The van der Waals surface area contributed by atoms with E-state index < -0.39 is 23.8 Å². The van der Waals surface area contributed by atoms with Crippen LogP contribution in [0, 0.1) is 29.6 Å². The van der Waals surface area contributed by atoms with Crippen molar-refractivity contribution in [1.82, 2.24) is 5.32 Å². The van der Waals surface area contributed by atoms with Crippen LogP contribution in [-0.2, 0) is 19.1 Å². The number of carboxylic acid groups (broad SMARTS) is 1. The Morgan fingerprint density at radius 2 is 1.71 bits per heavy atom. The second-order valence-corrected chi connectivity index (χ2v) is 7.98. The Kier molecular flexibility index (Phi) is 3.66. The molecule has 2 N–H and O–H groups in total. The molecule has 1 heterocycles. The van der Waals surface area contributed by atoms with Crippen molar-refractivity contribution >= 4 is 17.8 Å². The number of esters is 1. The van der Waals surface area contributed by atoms with E-state index in [-0.39, 0.29) is 18.1 Å². The second kappa shape index (κ2) is 5.60. The van der Waals surface area contributed by atoms with Gasteiger partial charge in [0.05, 0.1) is 17.9 Å². The van der Waals surface area contributed by atoms with E-state index in [1.807, 2.05) is 0 Å². The van der Waals surface area contributed by atoms with Crippen molar-refractivity contribution in [3.05, 3.63) is 11.3 Å². The van der Waals surface area contributed by atoms with Gasteiger partial charge in [0.25, 0.3) is 0 Å². The summed E-state index contributed by atoms with van der Waals surface area (Å²) < 4.78 is 5.86. The smallest absolute Gasteiger partial charge is 0.336 e. The lowest BCUT2D eigenvalue weighted by molar-refractivity contribution is -0.167. The topological polar surface area (TPSA) is 92.7 Å². The molecule has 6 heteroatoms. The average Bonchev–Trinajstić information content (AvgIpc) is 2.75. The van der Waals surface area contributed by atoms with Crippen molar-refractivity contribution in [2.45, 2.75) is 51.6 Å². The van der Waals surface area contributed by atoms with E-state index in [4.69, 9.17) is 9.84 Å². The normalized spacial score (nSPS) is 40.0. The Bertz CT molecular complexity index is 609. The summed E-state index contributed by atoms with van der Waals surface area (Å²) in [5.74, 6) is -0.503. The molecule has 0 radical (unpaired) electrons. The van der Waals surface area contributed by atoms with Crippen LogP contribution in [0.2, 0.25) is 0 Å². The monoisotopic (exact) mass is 333 g/mol. The highest BCUT2D eigenvalue weighted by atomic mass is 16.5. The van der Waals surface area contributed by atoms with Crippen LogP contribution in [0.3, 0.4) is 0 Å². The highest BCUT2D eigenvalue weighted by Crippen LogP contribution is 2.54. The predicted octanol–water partition coefficient (Wildman–Crippen LogP) is 1.85. The summed E-state index contributed by atoms with van der Waals surface area (Å²) in [7, 11) is 0. The summed E-state index contributed by atoms with van der Waals surface area (Å²) >= 11 is 0. The van der Waals surface area contributed by atoms with Gasteiger partial charge < -0.3 is 15.2 Å². The number of carbonyl (C=O) groups excluding carboxylic acids is 2. The van der Waals surface area contributed by atoms with Crippen LogP contribution in [0.1, 0.15) is 45.4 Å². The molecule has 4 aliphatic carbocycles. The van der Waals surface area contributed by atoms with Crippen molar-refractivity contribution < 1.29 is 24.2 Å². The number of hydrogen-bond donors (Lipinski definition) is 2. The van der Waals surface area contributed by atoms with Crippen LogP contribution in [0.5, 0.6) is 0 Å². The number of aliphatic carboxylic acids is 1. The Morgan fingerprint density at radius 1 is 1.12 bits per heavy atom. The number of hydrogen-bond acceptors (Lipinski definition) is 4. The lowest BCUT2D eigenvalue weighted by Crippen LogP contribution is -2.50. The molecular formula is C18H23NO5. The number of ether oxygens (including phenoxy) is 1. The molecule has 5 rings (SSSR count). The zero-order chi connectivity index (χ0) is 17.0. The van der Waals surface area contributed by atoms with Crippen molar-refractivity contribution in [1.29, 1.82) is 0 Å². The summed E-state index contributed by atoms with van der Waals surface area (Å²) in [5, 5.41) is 11.6. The van der Waals surface area contributed by atoms with Gasteiger partial charge in [0.2, 0.25) is 5.91 Å². The van der Waals surface area contributed by atoms with E-state index in [1.165, 1.54) is 6.42 Å². The van der Waals surface area contributed by atoms with Crippen molar-refractivity contribution in [3.8, 4) is 0 Å². The number of rotatable bonds is 4. The number of carboxylic acids is 1. The van der Waals surface area contributed by atoms with Crippen molar-refractivity contribution in [2.24, 2.45) is 29.6 Å². The predicted molar refractivity (Wildman–Crippen MR) is 83.5 cm³/mol. The van der Waals surface area contributed by atoms with Gasteiger partial charge in [0.15, 0.2) is 0 Å². The maximum Gasteiger partial charge on any atom is 0.336 e. The van der Waals surface area contributed by atoms with Gasteiger partial charge in [-0.3, -0.25) is 9.59 Å². The Morgan fingerprint density at radius 3 is 2.25 bits per heavy atom. The largest absolute Gasteiger partial charge is 0.481 e. The molecule has 0 aromatic heterocycles. The van der Waals surface area contributed by atoms with Gasteiger partial charge in [-0.05, 0) is 62.7 Å². The minimum absolute atomic E-state index is 0.0632. The molecule has 0 aromatic rings. The zero-order valence-corrected chi connectivity index (χ0v) is 13.8. The Balaban J connectivity index is 1.50. The standard InChI is InChI=1S/C18H23NO5/c1-8-15(13(7-14(20)21)17(22)19-8)18(23)24-16-11-3-9-2-10(5-11)6-12(16)4-9/h9-13,16H,2-7H2,1H3,(H,19,22)(H,20,21)/t9?,10?,11?,12?,13-,16?/m1/s1. The zero-order valence-electron chi connectivity index (χ0n) is 13.8. The highest BCUT2D eigenvalue weighted by Gasteiger charge is 2.50. The maximum atomic E-state index is 12.7. The van der Waals surface area contributed by atoms with Crippen LogP contribution in [0.15, 0.2) is 11.3 Å². The fraction of sp³-hybridized carbons (Fsp3) is 0.722. The average molecular weight is 333 g/mol. The first-order chi connectivity index (χ1) is 11.4. The van der Waals surface area contributed by atoms with Crippen molar-refractivity contribution in [2.75, 3.05) is 0 Å². The van der Waals surface area contributed by atoms with Crippen LogP contribution < -0.4 is 5.32 Å². The third-order valence-electron chi connectivity index (χ3n) is 6.36. The van der Waals surface area contributed by atoms with E-state index in [9.17, 15) is 14.4 Å². The summed E-state index contributed by atoms with van der Waals surface area (Å²) in [6, 6.07) is 0. The molecule has 24 heavy (non-hydrogen) atoms. The van der Waals surface area contributed by atoms with Crippen molar-refractivity contribution in [3.63, 3.8) is 0 Å². The number of nitrogens with one attached hydrogen (secondary N) is 1. The molecule has 0 unspecified atom stereocenters. The first-order valence-electron chi connectivity index (χ1n) is 8.86. The van der Waals surface area contributed by atoms with Gasteiger partial charge in [0.1, 0.15) is 6.10 Å². The summed E-state index contributed by atoms with van der Waals surface area (Å²) in [6.45, 7) is 1.63. The van der Waals surface area contributed by atoms with Crippen LogP contribution in [0.25, 0.3) is 0 Å². The van der Waals surface area contributed by atoms with E-state index in [2.05, 4.69) is 5.32 Å². The summed E-state index contributed by atoms with van der Waals surface area (Å²) in [6.07, 6.45) is 5.44. The quantitative estimate of drug-likeness (QED) is 0.766. The Hall–Kier alpha value is -1.85. The van der Waals surface area contributed by atoms with Gasteiger partial charge in [0, 0.05) is 5.70 Å². The molecule has 1 amide bonds. The maximum absolute atomic E-state index is 12.7. The van der Waals surface area contributed by atoms with Crippen LogP contribution >= 0.6 is 0 Å². The summed E-state index contributed by atoms with van der Waals surface area (Å²) in [4.78, 5) is 35.7. The molecule has 1 atom stereocenters. The molecule has 4 fully saturated rings. The van der Waals surface area contributed by atoms with Gasteiger partial charge in [-0.1, -0.05) is 0 Å². The fourth-order valence-corrected chi connectivity index (χ4v) is 5.65. The first kappa shape index (κ1) is 15.7. The third-order valence-corrected chi connectivity index (χ3v) is 6.36. The molecule has 4 bridgehead atoms. The Labute approximate surface area is 140 Å². The van der Waals surface area contributed by atoms with Crippen LogP contribution in [0.4, 0.5) is 0 Å². The molecule has 4 saturated carbocycles. The minimum Gasteiger partial charge on any atom is -0.481 e. The third kappa shape index (κ3) is 2.52. The summed E-state index contributed by atoms with van der Waals surface area (Å²) in [5.41, 5.74) is 0.635. The first-order valence-corrected chi connectivity index (χ1v) is 8.86. The van der Waals surface area contributed by atoms with E-state index in [0.29, 0.717) is 17.5 Å². The van der Waals surface area contributed by atoms with Gasteiger partial charge in [-0.2, -0.15) is 0 Å². The number of amides is 1. The highest BCUT2D eigenvalue weighted by molar-refractivity contribution is 6.03. The molecule has 5 aliphatic rings. The van der Waals surface area contributed by atoms with E-state index in [1.54, 1.807) is 6.92 Å².